The van der Waals surface area contributed by atoms with Gasteiger partial charge in [0.1, 0.15) is 12.3 Å². The van der Waals surface area contributed by atoms with Crippen molar-refractivity contribution < 1.29 is 14.3 Å². The molecule has 0 fully saturated rings. The first-order valence-electron chi connectivity index (χ1n) is 12.7. The van der Waals surface area contributed by atoms with Crippen LogP contribution in [0.25, 0.3) is 16.9 Å². The standard InChI is InChI=1S/C31H34N4O3/c1-20(2)34(30(37)27-10-8-7-9-22(27)4)19-29(36)33-31-32-28(24-12-15-26(38-6)16-13-24)18-35(31)25-14-11-21(3)23(5)17-25/h7-18,20H,19H2,1-6H3,(H,32,33,36). The number of ether oxygens (including phenoxy) is 1. The molecule has 0 radical (unpaired) electrons. The van der Waals surface area contributed by atoms with Gasteiger partial charge in [-0.2, -0.15) is 0 Å². The number of aromatic nitrogens is 2. The van der Waals surface area contributed by atoms with Crippen LogP contribution in [0, 0.1) is 20.8 Å². The van der Waals surface area contributed by atoms with Gasteiger partial charge in [-0.1, -0.05) is 24.3 Å². The summed E-state index contributed by atoms with van der Waals surface area (Å²) in [6.07, 6.45) is 1.90. The van der Waals surface area contributed by atoms with Gasteiger partial charge in [0.05, 0.1) is 12.8 Å². The van der Waals surface area contributed by atoms with Crippen LogP contribution < -0.4 is 10.1 Å². The van der Waals surface area contributed by atoms with E-state index >= 15 is 0 Å². The topological polar surface area (TPSA) is 76.5 Å². The van der Waals surface area contributed by atoms with E-state index in [-0.39, 0.29) is 24.4 Å². The van der Waals surface area contributed by atoms with Gasteiger partial charge in [0.25, 0.3) is 5.91 Å². The Morgan fingerprint density at radius 1 is 0.947 bits per heavy atom. The minimum atomic E-state index is -0.322. The molecule has 1 aromatic heterocycles. The van der Waals surface area contributed by atoms with Gasteiger partial charge >= 0.3 is 0 Å². The van der Waals surface area contributed by atoms with Gasteiger partial charge in [0.2, 0.25) is 11.9 Å². The first-order chi connectivity index (χ1) is 18.2. The second-order valence-corrected chi connectivity index (χ2v) is 9.71. The predicted octanol–water partition coefficient (Wildman–Crippen LogP) is 5.96. The number of methoxy groups -OCH3 is 1. The van der Waals surface area contributed by atoms with E-state index in [4.69, 9.17) is 9.72 Å². The van der Waals surface area contributed by atoms with Crippen molar-refractivity contribution in [1.29, 1.82) is 0 Å². The van der Waals surface area contributed by atoms with E-state index in [0.29, 0.717) is 17.2 Å². The summed E-state index contributed by atoms with van der Waals surface area (Å²) in [5.74, 6) is 0.640. The third-order valence-electron chi connectivity index (χ3n) is 6.69. The zero-order chi connectivity index (χ0) is 27.4. The highest BCUT2D eigenvalue weighted by molar-refractivity contribution is 6.00. The summed E-state index contributed by atoms with van der Waals surface area (Å²) in [5.41, 5.74) is 6.25. The van der Waals surface area contributed by atoms with Crippen LogP contribution in [0.4, 0.5) is 5.95 Å². The Bertz CT molecular complexity index is 1450. The summed E-state index contributed by atoms with van der Waals surface area (Å²) >= 11 is 0. The zero-order valence-corrected chi connectivity index (χ0v) is 22.8. The number of carbonyl (C=O) groups excluding carboxylic acids is 2. The lowest BCUT2D eigenvalue weighted by molar-refractivity contribution is -0.117. The van der Waals surface area contributed by atoms with Crippen molar-refractivity contribution in [3.8, 4) is 22.7 Å². The third kappa shape index (κ3) is 5.78. The summed E-state index contributed by atoms with van der Waals surface area (Å²) in [6.45, 7) is 9.72. The third-order valence-corrected chi connectivity index (χ3v) is 6.69. The largest absolute Gasteiger partial charge is 0.497 e. The summed E-state index contributed by atoms with van der Waals surface area (Å²) in [5, 5.41) is 2.96. The van der Waals surface area contributed by atoms with Crippen molar-refractivity contribution >= 4 is 17.8 Å². The number of anilines is 1. The van der Waals surface area contributed by atoms with Crippen LogP contribution in [0.3, 0.4) is 0 Å². The summed E-state index contributed by atoms with van der Waals surface area (Å²) in [6, 6.07) is 21.0. The van der Waals surface area contributed by atoms with Crippen molar-refractivity contribution in [2.75, 3.05) is 19.0 Å². The molecular weight excluding hydrogens is 476 g/mol. The Hall–Kier alpha value is -4.39. The molecule has 0 saturated carbocycles. The van der Waals surface area contributed by atoms with Crippen LogP contribution in [0.5, 0.6) is 5.75 Å². The second kappa shape index (κ2) is 11.3. The lowest BCUT2D eigenvalue weighted by atomic mass is 10.1. The zero-order valence-electron chi connectivity index (χ0n) is 22.8. The number of aryl methyl sites for hydroxylation is 3. The van der Waals surface area contributed by atoms with E-state index in [1.54, 1.807) is 18.1 Å². The van der Waals surface area contributed by atoms with Crippen LogP contribution >= 0.6 is 0 Å². The fourth-order valence-electron chi connectivity index (χ4n) is 4.22. The van der Waals surface area contributed by atoms with Gasteiger partial charge in [0, 0.05) is 29.1 Å². The molecule has 0 bridgehead atoms. The normalized spacial score (nSPS) is 10.9. The maximum Gasteiger partial charge on any atom is 0.254 e. The van der Waals surface area contributed by atoms with Crippen LogP contribution in [-0.4, -0.2) is 46.0 Å². The highest BCUT2D eigenvalue weighted by Crippen LogP contribution is 2.27. The summed E-state index contributed by atoms with van der Waals surface area (Å²) in [7, 11) is 1.63. The molecular formula is C31H34N4O3. The molecule has 3 aromatic carbocycles. The van der Waals surface area contributed by atoms with E-state index in [2.05, 4.69) is 25.2 Å². The lowest BCUT2D eigenvalue weighted by Crippen LogP contribution is -2.42. The van der Waals surface area contributed by atoms with Crippen LogP contribution in [0.15, 0.2) is 72.9 Å². The molecule has 0 aliphatic carbocycles. The van der Waals surface area contributed by atoms with E-state index in [0.717, 1.165) is 28.1 Å². The van der Waals surface area contributed by atoms with Gasteiger partial charge in [-0.05, 0) is 93.8 Å². The van der Waals surface area contributed by atoms with Crippen molar-refractivity contribution in [1.82, 2.24) is 14.5 Å². The molecule has 0 aliphatic rings. The number of nitrogens with zero attached hydrogens (tertiary/aromatic N) is 3. The molecule has 1 N–H and O–H groups in total. The molecule has 0 atom stereocenters. The molecule has 7 heteroatoms. The molecule has 7 nitrogen and oxygen atoms in total. The van der Waals surface area contributed by atoms with E-state index in [9.17, 15) is 9.59 Å². The Morgan fingerprint density at radius 2 is 1.66 bits per heavy atom. The molecule has 196 valence electrons. The number of imidazole rings is 1. The van der Waals surface area contributed by atoms with E-state index in [1.165, 1.54) is 5.56 Å². The molecule has 0 unspecified atom stereocenters. The average molecular weight is 511 g/mol. The SMILES string of the molecule is COc1ccc(-c2cn(-c3ccc(C)c(C)c3)c(NC(=O)CN(C(=O)c3ccccc3C)C(C)C)n2)cc1. The van der Waals surface area contributed by atoms with Crippen LogP contribution in [0.2, 0.25) is 0 Å². The number of carbonyl (C=O) groups is 2. The Labute approximate surface area is 224 Å². The number of nitrogens with one attached hydrogen (secondary N) is 1. The first kappa shape index (κ1) is 26.7. The number of rotatable bonds is 8. The summed E-state index contributed by atoms with van der Waals surface area (Å²) in [4.78, 5) is 33.0. The molecule has 4 aromatic rings. The van der Waals surface area contributed by atoms with Gasteiger partial charge in [0.15, 0.2) is 0 Å². The van der Waals surface area contributed by atoms with Crippen LogP contribution in [-0.2, 0) is 4.79 Å². The molecule has 0 spiro atoms. The maximum atomic E-state index is 13.3. The van der Waals surface area contributed by atoms with Crippen LogP contribution in [0.1, 0.15) is 40.9 Å². The van der Waals surface area contributed by atoms with Crippen molar-refractivity contribution in [2.45, 2.75) is 40.7 Å². The Morgan fingerprint density at radius 3 is 2.29 bits per heavy atom. The molecule has 38 heavy (non-hydrogen) atoms. The average Bonchev–Trinajstić information content (AvgIpc) is 3.32. The quantitative estimate of drug-likeness (QED) is 0.317. The fourth-order valence-corrected chi connectivity index (χ4v) is 4.22. The fraction of sp³-hybridized carbons (Fsp3) is 0.258. The molecule has 0 aliphatic heterocycles. The highest BCUT2D eigenvalue weighted by Gasteiger charge is 2.24. The number of hydrogen-bond donors (Lipinski definition) is 1. The number of hydrogen-bond acceptors (Lipinski definition) is 4. The minimum absolute atomic E-state index is 0.0948. The monoisotopic (exact) mass is 510 g/mol. The first-order valence-corrected chi connectivity index (χ1v) is 12.7. The Balaban J connectivity index is 1.65. The second-order valence-electron chi connectivity index (χ2n) is 9.71. The van der Waals surface area contributed by atoms with Crippen molar-refractivity contribution in [3.63, 3.8) is 0 Å². The molecule has 2 amide bonds. The minimum Gasteiger partial charge on any atom is -0.497 e. The predicted molar refractivity (Wildman–Crippen MR) is 151 cm³/mol. The van der Waals surface area contributed by atoms with Gasteiger partial charge in [-0.25, -0.2) is 4.98 Å². The smallest absolute Gasteiger partial charge is 0.254 e. The van der Waals surface area contributed by atoms with Gasteiger partial charge < -0.3 is 9.64 Å². The molecule has 4 rings (SSSR count). The number of benzene rings is 3. The Kier molecular flexibility index (Phi) is 7.96. The highest BCUT2D eigenvalue weighted by atomic mass is 16.5. The van der Waals surface area contributed by atoms with E-state index in [1.807, 2.05) is 86.1 Å². The van der Waals surface area contributed by atoms with Crippen molar-refractivity contribution in [3.05, 3.63) is 95.2 Å². The number of amides is 2. The maximum absolute atomic E-state index is 13.3. The van der Waals surface area contributed by atoms with E-state index < -0.39 is 0 Å². The van der Waals surface area contributed by atoms with Gasteiger partial charge in [-0.3, -0.25) is 19.5 Å². The van der Waals surface area contributed by atoms with Gasteiger partial charge in [-0.15, -0.1) is 0 Å². The summed E-state index contributed by atoms with van der Waals surface area (Å²) < 4.78 is 7.15. The molecule has 0 saturated heterocycles. The lowest BCUT2D eigenvalue weighted by Gasteiger charge is -2.26. The van der Waals surface area contributed by atoms with Crippen molar-refractivity contribution in [2.24, 2.45) is 0 Å². The molecule has 1 heterocycles.